The monoisotopic (exact) mass is 335 g/mol. The van der Waals surface area contributed by atoms with Crippen LogP contribution in [0.15, 0.2) is 0 Å². The lowest BCUT2D eigenvalue weighted by molar-refractivity contribution is 0.239. The van der Waals surface area contributed by atoms with Gasteiger partial charge in [0.15, 0.2) is 0 Å². The van der Waals surface area contributed by atoms with E-state index in [1.165, 1.54) is 0 Å². The Hall–Kier alpha value is 0.410. The van der Waals surface area contributed by atoms with Crippen molar-refractivity contribution in [2.45, 2.75) is 26.2 Å². The van der Waals surface area contributed by atoms with Gasteiger partial charge < -0.3 is 10.2 Å². The number of nitrogens with zero attached hydrogens (tertiary/aromatic N) is 1. The Morgan fingerprint density at radius 2 is 1.79 bits per heavy atom. The molecule has 0 amide bonds. The van der Waals surface area contributed by atoms with Crippen LogP contribution < -0.4 is 10.0 Å². The fourth-order valence-corrected chi connectivity index (χ4v) is 3.14. The van der Waals surface area contributed by atoms with Gasteiger partial charge in [0.05, 0.1) is 5.75 Å². The van der Waals surface area contributed by atoms with E-state index in [1.807, 2.05) is 6.92 Å². The van der Waals surface area contributed by atoms with E-state index in [0.29, 0.717) is 6.54 Å². The second kappa shape index (κ2) is 12.2. The quantitative estimate of drug-likeness (QED) is 0.645. The predicted molar refractivity (Wildman–Crippen MR) is 85.1 cm³/mol. The average molecular weight is 336 g/mol. The molecule has 0 bridgehead atoms. The Balaban J connectivity index is 0. The van der Waals surface area contributed by atoms with Crippen LogP contribution in [0.1, 0.15) is 26.2 Å². The van der Waals surface area contributed by atoms with Crippen molar-refractivity contribution in [3.8, 4) is 0 Å². The third-order valence-corrected chi connectivity index (χ3v) is 4.42. The number of hydrogen-bond donors (Lipinski definition) is 2. The Morgan fingerprint density at radius 3 is 2.37 bits per heavy atom. The second-order valence-electron chi connectivity index (χ2n) is 4.51. The van der Waals surface area contributed by atoms with Crippen LogP contribution in [0.3, 0.4) is 0 Å². The predicted octanol–water partition coefficient (Wildman–Crippen LogP) is 0.845. The summed E-state index contributed by atoms with van der Waals surface area (Å²) in [5, 5.41) is 3.30. The smallest absolute Gasteiger partial charge is 0.211 e. The highest BCUT2D eigenvalue weighted by Crippen LogP contribution is 1.96. The molecule has 0 aromatic rings. The van der Waals surface area contributed by atoms with Gasteiger partial charge in [-0.2, -0.15) is 0 Å². The number of nitrogens with one attached hydrogen (secondary N) is 2. The lowest BCUT2D eigenvalue weighted by Crippen LogP contribution is -2.44. The third-order valence-electron chi connectivity index (χ3n) is 2.95. The van der Waals surface area contributed by atoms with Crippen LogP contribution in [0.2, 0.25) is 0 Å². The molecule has 118 valence electrons. The van der Waals surface area contributed by atoms with Crippen molar-refractivity contribution >= 4 is 34.8 Å². The first-order valence-corrected chi connectivity index (χ1v) is 8.19. The summed E-state index contributed by atoms with van der Waals surface area (Å²) in [4.78, 5) is 2.37. The van der Waals surface area contributed by atoms with Gasteiger partial charge in [0.1, 0.15) is 0 Å². The molecule has 0 unspecified atom stereocenters. The Bertz CT molecular complexity index is 296. The Labute approximate surface area is 129 Å². The summed E-state index contributed by atoms with van der Waals surface area (Å²) >= 11 is 0. The van der Waals surface area contributed by atoms with E-state index in [4.69, 9.17) is 0 Å². The fourth-order valence-electron chi connectivity index (χ4n) is 1.87. The molecule has 1 rings (SSSR count). The Kier molecular flexibility index (Phi) is 13.9. The van der Waals surface area contributed by atoms with E-state index >= 15 is 0 Å². The number of rotatable bonds is 8. The molecule has 5 nitrogen and oxygen atoms in total. The van der Waals surface area contributed by atoms with Gasteiger partial charge in [0, 0.05) is 32.7 Å². The minimum atomic E-state index is -3.03. The summed E-state index contributed by atoms with van der Waals surface area (Å²) in [5.41, 5.74) is 0. The first kappa shape index (κ1) is 21.7. The number of sulfonamides is 1. The maximum absolute atomic E-state index is 11.5. The maximum atomic E-state index is 11.5. The lowest BCUT2D eigenvalue weighted by atomic mass is 10.3. The van der Waals surface area contributed by atoms with Crippen molar-refractivity contribution in [3.63, 3.8) is 0 Å². The lowest BCUT2D eigenvalue weighted by Gasteiger charge is -2.27. The fraction of sp³-hybridized carbons (Fsp3) is 1.00. The molecule has 0 aromatic carbocycles. The summed E-state index contributed by atoms with van der Waals surface area (Å²) in [7, 11) is -3.03. The van der Waals surface area contributed by atoms with Crippen molar-refractivity contribution in [3.05, 3.63) is 0 Å². The molecule has 2 N–H and O–H groups in total. The van der Waals surface area contributed by atoms with Crippen molar-refractivity contribution < 1.29 is 8.42 Å². The Morgan fingerprint density at radius 1 is 1.16 bits per heavy atom. The highest BCUT2D eigenvalue weighted by atomic mass is 35.5. The van der Waals surface area contributed by atoms with Crippen LogP contribution in [0.4, 0.5) is 0 Å². The number of halogens is 2. The van der Waals surface area contributed by atoms with Gasteiger partial charge in [-0.3, -0.25) is 0 Å². The van der Waals surface area contributed by atoms with Gasteiger partial charge in [-0.1, -0.05) is 13.3 Å². The minimum Gasteiger partial charge on any atom is -0.314 e. The van der Waals surface area contributed by atoms with Crippen LogP contribution in [-0.4, -0.2) is 58.3 Å². The summed E-state index contributed by atoms with van der Waals surface area (Å²) in [6.07, 6.45) is 2.56. The second-order valence-corrected chi connectivity index (χ2v) is 6.44. The highest BCUT2D eigenvalue weighted by molar-refractivity contribution is 7.89. The largest absolute Gasteiger partial charge is 0.314 e. The van der Waals surface area contributed by atoms with Gasteiger partial charge in [-0.25, -0.2) is 13.1 Å². The molecular weight excluding hydrogens is 309 g/mol. The summed E-state index contributed by atoms with van der Waals surface area (Å²) in [6, 6.07) is 0. The molecular formula is C11H27Cl2N3O2S. The summed E-state index contributed by atoms with van der Waals surface area (Å²) < 4.78 is 25.7. The van der Waals surface area contributed by atoms with Crippen molar-refractivity contribution in [1.82, 2.24) is 14.9 Å². The van der Waals surface area contributed by atoms with E-state index in [2.05, 4.69) is 14.9 Å². The van der Waals surface area contributed by atoms with Crippen LogP contribution >= 0.6 is 24.8 Å². The van der Waals surface area contributed by atoms with E-state index in [-0.39, 0.29) is 30.6 Å². The molecule has 0 spiro atoms. The van der Waals surface area contributed by atoms with Gasteiger partial charge >= 0.3 is 0 Å². The zero-order valence-electron chi connectivity index (χ0n) is 11.6. The van der Waals surface area contributed by atoms with Gasteiger partial charge in [0.2, 0.25) is 10.0 Å². The van der Waals surface area contributed by atoms with Gasteiger partial charge in [-0.15, -0.1) is 24.8 Å². The first-order chi connectivity index (χ1) is 8.14. The molecule has 0 aliphatic carbocycles. The van der Waals surface area contributed by atoms with Gasteiger partial charge in [0.25, 0.3) is 0 Å². The number of unbranched alkanes of at least 4 members (excludes halogenated alkanes) is 1. The standard InChI is InChI=1S/C11H25N3O2S.2ClH/c1-2-3-11-17(15,16)13-5-4-8-14-9-6-12-7-10-14;;/h12-13H,2-11H2,1H3;2*1H. The van der Waals surface area contributed by atoms with Crippen LogP contribution in [0.5, 0.6) is 0 Å². The molecule has 0 radical (unpaired) electrons. The minimum absolute atomic E-state index is 0. The van der Waals surface area contributed by atoms with Gasteiger partial charge in [-0.05, 0) is 19.4 Å². The molecule has 1 aliphatic rings. The van der Waals surface area contributed by atoms with E-state index in [0.717, 1.165) is 52.0 Å². The van der Waals surface area contributed by atoms with Crippen LogP contribution in [0.25, 0.3) is 0 Å². The normalized spacial score (nSPS) is 16.5. The zero-order valence-corrected chi connectivity index (χ0v) is 14.0. The topological polar surface area (TPSA) is 61.4 Å². The summed E-state index contributed by atoms with van der Waals surface area (Å²) in [6.45, 7) is 7.78. The van der Waals surface area contributed by atoms with Crippen LogP contribution in [0, 0.1) is 0 Å². The molecule has 1 heterocycles. The molecule has 0 atom stereocenters. The van der Waals surface area contributed by atoms with E-state index in [1.54, 1.807) is 0 Å². The molecule has 1 fully saturated rings. The zero-order chi connectivity index (χ0) is 12.6. The molecule has 19 heavy (non-hydrogen) atoms. The average Bonchev–Trinajstić information content (AvgIpc) is 2.34. The first-order valence-electron chi connectivity index (χ1n) is 6.54. The SMILES string of the molecule is CCCCS(=O)(=O)NCCCN1CCNCC1.Cl.Cl. The maximum Gasteiger partial charge on any atom is 0.211 e. The molecule has 8 heteroatoms. The van der Waals surface area contributed by atoms with E-state index < -0.39 is 10.0 Å². The molecule has 1 aliphatic heterocycles. The van der Waals surface area contributed by atoms with Crippen LogP contribution in [-0.2, 0) is 10.0 Å². The number of hydrogen-bond acceptors (Lipinski definition) is 4. The summed E-state index contributed by atoms with van der Waals surface area (Å²) in [5.74, 6) is 0.261. The van der Waals surface area contributed by atoms with Crippen molar-refractivity contribution in [2.24, 2.45) is 0 Å². The molecule has 0 aromatic heterocycles. The van der Waals surface area contributed by atoms with Crippen molar-refractivity contribution in [2.75, 3.05) is 45.0 Å². The highest BCUT2D eigenvalue weighted by Gasteiger charge is 2.10. The number of piperazine rings is 1. The van der Waals surface area contributed by atoms with E-state index in [9.17, 15) is 8.42 Å². The molecule has 1 saturated heterocycles. The molecule has 0 saturated carbocycles. The van der Waals surface area contributed by atoms with Crippen molar-refractivity contribution in [1.29, 1.82) is 0 Å². The third kappa shape index (κ3) is 10.8.